The Hall–Kier alpha value is -1.67. The smallest absolute Gasteiger partial charge is 0.416 e. The monoisotopic (exact) mass is 267 g/mol. The van der Waals surface area contributed by atoms with Crippen molar-refractivity contribution in [3.05, 3.63) is 35.1 Å². The molecule has 4 nitrogen and oxygen atoms in total. The van der Waals surface area contributed by atoms with Crippen LogP contribution in [0.2, 0.25) is 0 Å². The summed E-state index contributed by atoms with van der Waals surface area (Å²) in [6.07, 6.45) is -7.00. The van der Waals surface area contributed by atoms with Gasteiger partial charge in [-0.05, 0) is 23.8 Å². The summed E-state index contributed by atoms with van der Waals surface area (Å²) in [7, 11) is 0. The minimum atomic E-state index is -4.85. The molecule has 4 N–H and O–H groups in total. The van der Waals surface area contributed by atoms with E-state index in [9.17, 15) is 27.5 Å². The van der Waals surface area contributed by atoms with Gasteiger partial charge in [-0.25, -0.2) is 4.39 Å². The molecule has 1 aromatic carbocycles. The van der Waals surface area contributed by atoms with Crippen LogP contribution in [0.3, 0.4) is 0 Å². The van der Waals surface area contributed by atoms with E-state index < -0.39 is 41.2 Å². The molecule has 0 saturated heterocycles. The number of carboxylic acids is 1. The van der Waals surface area contributed by atoms with Crippen molar-refractivity contribution in [1.82, 2.24) is 0 Å². The third-order valence-electron chi connectivity index (χ3n) is 2.26. The molecular weight excluding hydrogens is 258 g/mol. The predicted octanol–water partition coefficient (Wildman–Crippen LogP) is 1.29. The molecule has 2 atom stereocenters. The number of benzene rings is 1. The molecule has 0 saturated carbocycles. The number of halogens is 4. The number of rotatable bonds is 3. The Morgan fingerprint density at radius 1 is 1.33 bits per heavy atom. The highest BCUT2D eigenvalue weighted by Crippen LogP contribution is 2.35. The van der Waals surface area contributed by atoms with Crippen molar-refractivity contribution in [2.75, 3.05) is 0 Å². The van der Waals surface area contributed by atoms with Gasteiger partial charge in [0.15, 0.2) is 0 Å². The fourth-order valence-electron chi connectivity index (χ4n) is 1.36. The molecule has 0 aromatic heterocycles. The van der Waals surface area contributed by atoms with Crippen LogP contribution in [-0.2, 0) is 11.0 Å². The number of aliphatic hydroxyl groups is 1. The standard InChI is InChI=1S/C10H9F4NO3/c11-4-1-2-6(10(12,13)14)5(3-4)8(16)7(15)9(17)18/h1-3,7-8,16H,15H2,(H,17,18). The number of carboxylic acid groups (broad SMARTS) is 1. The zero-order valence-electron chi connectivity index (χ0n) is 8.78. The van der Waals surface area contributed by atoms with Gasteiger partial charge in [0, 0.05) is 0 Å². The lowest BCUT2D eigenvalue weighted by Crippen LogP contribution is -2.37. The van der Waals surface area contributed by atoms with Crippen LogP contribution >= 0.6 is 0 Å². The molecule has 0 fully saturated rings. The van der Waals surface area contributed by atoms with Crippen LogP contribution in [0.1, 0.15) is 17.2 Å². The molecule has 0 aliphatic rings. The van der Waals surface area contributed by atoms with E-state index >= 15 is 0 Å². The Morgan fingerprint density at radius 2 is 1.89 bits per heavy atom. The Bertz CT molecular complexity index is 461. The lowest BCUT2D eigenvalue weighted by Gasteiger charge is -2.20. The van der Waals surface area contributed by atoms with Crippen LogP contribution in [0, 0.1) is 5.82 Å². The maximum absolute atomic E-state index is 12.9. The Labute approximate surface area is 98.6 Å². The number of hydrogen-bond donors (Lipinski definition) is 3. The van der Waals surface area contributed by atoms with Gasteiger partial charge in [-0.15, -0.1) is 0 Å². The molecule has 8 heteroatoms. The minimum Gasteiger partial charge on any atom is -0.480 e. The lowest BCUT2D eigenvalue weighted by molar-refractivity contribution is -0.144. The summed E-state index contributed by atoms with van der Waals surface area (Å²) in [5.41, 5.74) is 2.78. The number of aliphatic hydroxyl groups excluding tert-OH is 1. The molecule has 0 amide bonds. The van der Waals surface area contributed by atoms with E-state index in [1.54, 1.807) is 0 Å². The fraction of sp³-hybridized carbons (Fsp3) is 0.300. The van der Waals surface area contributed by atoms with Gasteiger partial charge in [0.05, 0.1) is 5.56 Å². The summed E-state index contributed by atoms with van der Waals surface area (Å²) in [4.78, 5) is 10.5. The van der Waals surface area contributed by atoms with E-state index in [-0.39, 0.29) is 0 Å². The predicted molar refractivity (Wildman–Crippen MR) is 52.0 cm³/mol. The van der Waals surface area contributed by atoms with E-state index in [1.165, 1.54) is 0 Å². The lowest BCUT2D eigenvalue weighted by atomic mass is 9.97. The highest BCUT2D eigenvalue weighted by molar-refractivity contribution is 5.74. The molecule has 1 rings (SSSR count). The summed E-state index contributed by atoms with van der Waals surface area (Å²) < 4.78 is 50.6. The maximum Gasteiger partial charge on any atom is 0.416 e. The summed E-state index contributed by atoms with van der Waals surface area (Å²) in [6.45, 7) is 0. The van der Waals surface area contributed by atoms with Gasteiger partial charge < -0.3 is 15.9 Å². The van der Waals surface area contributed by atoms with Crippen molar-refractivity contribution in [1.29, 1.82) is 0 Å². The Morgan fingerprint density at radius 3 is 2.33 bits per heavy atom. The number of nitrogens with two attached hydrogens (primary N) is 1. The van der Waals surface area contributed by atoms with Gasteiger partial charge in [0.1, 0.15) is 18.0 Å². The molecule has 0 bridgehead atoms. The van der Waals surface area contributed by atoms with Gasteiger partial charge in [0.2, 0.25) is 0 Å². The van der Waals surface area contributed by atoms with Gasteiger partial charge in [-0.3, -0.25) is 4.79 Å². The van der Waals surface area contributed by atoms with Gasteiger partial charge >= 0.3 is 12.1 Å². The van der Waals surface area contributed by atoms with Crippen LogP contribution in [0.4, 0.5) is 17.6 Å². The van der Waals surface area contributed by atoms with Crippen LogP contribution in [0.25, 0.3) is 0 Å². The SMILES string of the molecule is NC(C(=O)O)C(O)c1cc(F)ccc1C(F)(F)F. The minimum absolute atomic E-state index is 0.413. The third-order valence-corrected chi connectivity index (χ3v) is 2.26. The van der Waals surface area contributed by atoms with Crippen molar-refractivity contribution >= 4 is 5.97 Å². The number of hydrogen-bond acceptors (Lipinski definition) is 3. The second kappa shape index (κ2) is 4.91. The summed E-state index contributed by atoms with van der Waals surface area (Å²) in [5, 5.41) is 18.0. The van der Waals surface area contributed by atoms with Gasteiger partial charge in [-0.1, -0.05) is 0 Å². The molecule has 0 spiro atoms. The first-order chi connectivity index (χ1) is 8.14. The van der Waals surface area contributed by atoms with Crippen molar-refractivity contribution in [3.63, 3.8) is 0 Å². The largest absolute Gasteiger partial charge is 0.480 e. The Balaban J connectivity index is 3.29. The van der Waals surface area contributed by atoms with Gasteiger partial charge in [-0.2, -0.15) is 13.2 Å². The van der Waals surface area contributed by atoms with E-state index in [1.807, 2.05) is 0 Å². The zero-order chi connectivity index (χ0) is 14.1. The summed E-state index contributed by atoms with van der Waals surface area (Å²) in [5.74, 6) is -2.73. The number of carbonyl (C=O) groups is 1. The Kier molecular flexibility index (Phi) is 3.92. The van der Waals surface area contributed by atoms with Crippen molar-refractivity contribution in [2.45, 2.75) is 18.3 Å². The molecule has 0 heterocycles. The first kappa shape index (κ1) is 14.4. The van der Waals surface area contributed by atoms with Crippen molar-refractivity contribution in [3.8, 4) is 0 Å². The van der Waals surface area contributed by atoms with E-state index in [2.05, 4.69) is 0 Å². The zero-order valence-corrected chi connectivity index (χ0v) is 8.78. The molecule has 0 aliphatic heterocycles. The summed E-state index contributed by atoms with van der Waals surface area (Å²) in [6, 6.07) is -0.586. The topological polar surface area (TPSA) is 83.6 Å². The molecule has 0 radical (unpaired) electrons. The van der Waals surface area contributed by atoms with Gasteiger partial charge in [0.25, 0.3) is 0 Å². The first-order valence-corrected chi connectivity index (χ1v) is 4.67. The molecule has 1 aromatic rings. The highest BCUT2D eigenvalue weighted by Gasteiger charge is 2.37. The average Bonchev–Trinajstić information content (AvgIpc) is 2.25. The van der Waals surface area contributed by atoms with Crippen LogP contribution in [0.15, 0.2) is 18.2 Å². The fourth-order valence-corrected chi connectivity index (χ4v) is 1.36. The van der Waals surface area contributed by atoms with Crippen LogP contribution < -0.4 is 5.73 Å². The van der Waals surface area contributed by atoms with E-state index in [0.717, 1.165) is 0 Å². The molecule has 100 valence electrons. The first-order valence-electron chi connectivity index (χ1n) is 4.67. The second-order valence-electron chi connectivity index (χ2n) is 3.54. The van der Waals surface area contributed by atoms with Crippen molar-refractivity contribution in [2.24, 2.45) is 5.73 Å². The molecule has 0 aliphatic carbocycles. The second-order valence-corrected chi connectivity index (χ2v) is 3.54. The molecule has 18 heavy (non-hydrogen) atoms. The average molecular weight is 267 g/mol. The maximum atomic E-state index is 12.9. The normalized spacial score (nSPS) is 15.2. The number of alkyl halides is 3. The van der Waals surface area contributed by atoms with Crippen LogP contribution in [0.5, 0.6) is 0 Å². The van der Waals surface area contributed by atoms with Crippen molar-refractivity contribution < 1.29 is 32.6 Å². The number of aliphatic carboxylic acids is 1. The van der Waals surface area contributed by atoms with Crippen LogP contribution in [-0.4, -0.2) is 22.2 Å². The van der Waals surface area contributed by atoms with E-state index in [0.29, 0.717) is 18.2 Å². The molecule has 2 unspecified atom stereocenters. The molecular formula is C10H9F4NO3. The van der Waals surface area contributed by atoms with E-state index in [4.69, 9.17) is 10.8 Å². The summed E-state index contributed by atoms with van der Waals surface area (Å²) >= 11 is 0. The third kappa shape index (κ3) is 2.96. The quantitative estimate of drug-likeness (QED) is 0.720. The highest BCUT2D eigenvalue weighted by atomic mass is 19.4.